The number of amides is 1. The van der Waals surface area contributed by atoms with Crippen LogP contribution in [0.1, 0.15) is 373 Å². The fourth-order valence-electron chi connectivity index (χ4n) is 10.6. The molecule has 438 valence electrons. The molecular formula is C68H131NO5. The molecule has 0 fully saturated rings. The topological polar surface area (TPSA) is 95.9 Å². The third kappa shape index (κ3) is 59.6. The number of hydrogen-bond acceptors (Lipinski definition) is 5. The van der Waals surface area contributed by atoms with Crippen molar-refractivity contribution in [1.29, 1.82) is 0 Å². The van der Waals surface area contributed by atoms with E-state index in [9.17, 15) is 19.8 Å². The monoisotopic (exact) mass is 1040 g/mol. The Morgan fingerprint density at radius 1 is 0.365 bits per heavy atom. The maximum absolute atomic E-state index is 12.5. The fourth-order valence-corrected chi connectivity index (χ4v) is 10.6. The highest BCUT2D eigenvalue weighted by Crippen LogP contribution is 2.18. The van der Waals surface area contributed by atoms with Crippen molar-refractivity contribution in [3.63, 3.8) is 0 Å². The first-order valence-electron chi connectivity index (χ1n) is 33.6. The molecule has 0 aromatic rings. The third-order valence-electron chi connectivity index (χ3n) is 15.7. The number of carbonyl (C=O) groups excluding carboxylic acids is 2. The van der Waals surface area contributed by atoms with Gasteiger partial charge >= 0.3 is 5.97 Å². The van der Waals surface area contributed by atoms with E-state index in [1.54, 1.807) is 6.08 Å². The van der Waals surface area contributed by atoms with Gasteiger partial charge in [-0.3, -0.25) is 9.59 Å². The number of unbranched alkanes of at least 4 members (excludes halogenated alkanes) is 50. The number of hydrogen-bond donors (Lipinski definition) is 3. The number of aliphatic hydroxyl groups is 2. The predicted octanol–water partition coefficient (Wildman–Crippen LogP) is 21.4. The summed E-state index contributed by atoms with van der Waals surface area (Å²) in [6.07, 6.45) is 79.5. The second-order valence-electron chi connectivity index (χ2n) is 23.2. The molecule has 6 heteroatoms. The number of carbonyl (C=O) groups is 2. The first-order chi connectivity index (χ1) is 36.5. The maximum Gasteiger partial charge on any atom is 0.305 e. The van der Waals surface area contributed by atoms with Crippen LogP contribution in [0.5, 0.6) is 0 Å². The van der Waals surface area contributed by atoms with Crippen LogP contribution in [0.15, 0.2) is 24.3 Å². The molecule has 0 saturated carbocycles. The lowest BCUT2D eigenvalue weighted by molar-refractivity contribution is -0.143. The van der Waals surface area contributed by atoms with Gasteiger partial charge in [-0.05, 0) is 57.8 Å². The lowest BCUT2D eigenvalue weighted by Gasteiger charge is -2.20. The maximum atomic E-state index is 12.5. The molecule has 2 unspecified atom stereocenters. The van der Waals surface area contributed by atoms with Crippen molar-refractivity contribution in [2.75, 3.05) is 13.2 Å². The molecule has 0 rings (SSSR count). The summed E-state index contributed by atoms with van der Waals surface area (Å²) in [5.74, 6) is -0.0644. The Labute approximate surface area is 462 Å². The van der Waals surface area contributed by atoms with Gasteiger partial charge in [0.05, 0.1) is 25.4 Å². The minimum absolute atomic E-state index is 0.00142. The van der Waals surface area contributed by atoms with Crippen molar-refractivity contribution in [1.82, 2.24) is 5.32 Å². The highest BCUT2D eigenvalue weighted by atomic mass is 16.5. The number of nitrogens with one attached hydrogen (secondary N) is 1. The molecular weight excluding hydrogens is 911 g/mol. The predicted molar refractivity (Wildman–Crippen MR) is 324 cm³/mol. The number of ether oxygens (including phenoxy) is 1. The van der Waals surface area contributed by atoms with E-state index < -0.39 is 12.1 Å². The summed E-state index contributed by atoms with van der Waals surface area (Å²) in [6, 6.07) is -0.631. The van der Waals surface area contributed by atoms with Crippen LogP contribution in [0, 0.1) is 0 Å². The van der Waals surface area contributed by atoms with Gasteiger partial charge in [-0.25, -0.2) is 0 Å². The van der Waals surface area contributed by atoms with Crippen molar-refractivity contribution in [3.8, 4) is 0 Å². The minimum atomic E-state index is -0.847. The number of esters is 1. The highest BCUT2D eigenvalue weighted by Gasteiger charge is 2.18. The smallest absolute Gasteiger partial charge is 0.305 e. The Kier molecular flexibility index (Phi) is 62.4. The minimum Gasteiger partial charge on any atom is -0.466 e. The van der Waals surface area contributed by atoms with E-state index in [1.165, 1.54) is 302 Å². The Morgan fingerprint density at radius 2 is 0.635 bits per heavy atom. The summed E-state index contributed by atoms with van der Waals surface area (Å²) < 4.78 is 5.47. The molecule has 6 nitrogen and oxygen atoms in total. The van der Waals surface area contributed by atoms with Crippen molar-refractivity contribution in [2.45, 2.75) is 386 Å². The first kappa shape index (κ1) is 72.3. The van der Waals surface area contributed by atoms with Crippen LogP contribution in [-0.2, 0) is 14.3 Å². The highest BCUT2D eigenvalue weighted by molar-refractivity contribution is 5.76. The summed E-state index contributed by atoms with van der Waals surface area (Å²) in [5, 5.41) is 23.3. The second kappa shape index (κ2) is 63.9. The molecule has 0 aliphatic rings. The lowest BCUT2D eigenvalue weighted by atomic mass is 10.0. The summed E-state index contributed by atoms with van der Waals surface area (Å²) >= 11 is 0. The molecule has 0 heterocycles. The lowest BCUT2D eigenvalue weighted by Crippen LogP contribution is -2.45. The van der Waals surface area contributed by atoms with E-state index in [-0.39, 0.29) is 18.5 Å². The molecule has 74 heavy (non-hydrogen) atoms. The van der Waals surface area contributed by atoms with E-state index in [0.29, 0.717) is 19.4 Å². The Hall–Kier alpha value is -1.66. The molecule has 0 aromatic heterocycles. The van der Waals surface area contributed by atoms with Crippen LogP contribution in [0.2, 0.25) is 0 Å². The molecule has 0 spiro atoms. The van der Waals surface area contributed by atoms with Crippen LogP contribution >= 0.6 is 0 Å². The molecule has 1 amide bonds. The average molecular weight is 1040 g/mol. The van der Waals surface area contributed by atoms with Gasteiger partial charge in [0.15, 0.2) is 0 Å². The van der Waals surface area contributed by atoms with Gasteiger partial charge < -0.3 is 20.3 Å². The van der Waals surface area contributed by atoms with E-state index in [4.69, 9.17) is 4.74 Å². The van der Waals surface area contributed by atoms with Gasteiger partial charge in [0.1, 0.15) is 0 Å². The van der Waals surface area contributed by atoms with Gasteiger partial charge in [-0.2, -0.15) is 0 Å². The van der Waals surface area contributed by atoms with Gasteiger partial charge in [0, 0.05) is 12.8 Å². The van der Waals surface area contributed by atoms with Crippen LogP contribution in [0.25, 0.3) is 0 Å². The molecule has 0 saturated heterocycles. The summed E-state index contributed by atoms with van der Waals surface area (Å²) in [4.78, 5) is 24.6. The Balaban J connectivity index is 3.43. The summed E-state index contributed by atoms with van der Waals surface area (Å²) in [6.45, 7) is 4.91. The van der Waals surface area contributed by atoms with Crippen LogP contribution in [-0.4, -0.2) is 47.4 Å². The van der Waals surface area contributed by atoms with E-state index in [1.807, 2.05) is 6.08 Å². The van der Waals surface area contributed by atoms with Crippen LogP contribution in [0.4, 0.5) is 0 Å². The largest absolute Gasteiger partial charge is 0.466 e. The van der Waals surface area contributed by atoms with Gasteiger partial charge in [0.25, 0.3) is 0 Å². The number of rotatable bonds is 63. The molecule has 0 aliphatic carbocycles. The number of allylic oxidation sites excluding steroid dienone is 3. The van der Waals surface area contributed by atoms with E-state index in [0.717, 1.165) is 44.9 Å². The zero-order chi connectivity index (χ0) is 53.6. The summed E-state index contributed by atoms with van der Waals surface area (Å²) in [5.41, 5.74) is 0. The molecule has 0 aromatic carbocycles. The molecule has 2 atom stereocenters. The quantitative estimate of drug-likeness (QED) is 0.0320. The van der Waals surface area contributed by atoms with Gasteiger partial charge in [-0.15, -0.1) is 0 Å². The van der Waals surface area contributed by atoms with Crippen molar-refractivity contribution in [2.24, 2.45) is 0 Å². The molecule has 0 bridgehead atoms. The Bertz CT molecular complexity index is 1150. The fraction of sp³-hybridized carbons (Fsp3) is 0.912. The van der Waals surface area contributed by atoms with Crippen LogP contribution in [0.3, 0.4) is 0 Å². The average Bonchev–Trinajstić information content (AvgIpc) is 3.40. The van der Waals surface area contributed by atoms with Crippen molar-refractivity contribution in [3.05, 3.63) is 24.3 Å². The van der Waals surface area contributed by atoms with Gasteiger partial charge in [-0.1, -0.05) is 327 Å². The van der Waals surface area contributed by atoms with E-state index in [2.05, 4.69) is 31.3 Å². The number of aliphatic hydroxyl groups excluding tert-OH is 2. The standard InChI is InChI=1S/C68H131NO5/c1-3-5-7-9-11-13-15-17-18-19-20-21-22-23-24-27-30-33-37-40-44-48-52-56-60-66(71)65(64-70)69-67(72)61-57-53-49-45-41-38-34-31-28-25-26-29-32-35-39-43-47-51-55-59-63-74-68(73)62-58-54-50-46-42-36-16-14-12-10-8-6-4-2/h14,16,56,60,65-66,70-71H,3-13,15,17-55,57-59,61-64H2,1-2H3,(H,69,72)/b16-14-,60-56+. The first-order valence-corrected chi connectivity index (χ1v) is 33.6. The van der Waals surface area contributed by atoms with Gasteiger partial charge in [0.2, 0.25) is 5.91 Å². The Morgan fingerprint density at radius 3 is 0.973 bits per heavy atom. The molecule has 3 N–H and O–H groups in total. The molecule has 0 radical (unpaired) electrons. The molecule has 0 aliphatic heterocycles. The third-order valence-corrected chi connectivity index (χ3v) is 15.7. The van der Waals surface area contributed by atoms with Crippen molar-refractivity contribution >= 4 is 11.9 Å². The summed E-state index contributed by atoms with van der Waals surface area (Å²) in [7, 11) is 0. The van der Waals surface area contributed by atoms with Crippen LogP contribution < -0.4 is 5.32 Å². The zero-order valence-electron chi connectivity index (χ0n) is 50.1. The SMILES string of the molecule is CCCCCC/C=C\CCCCCCCC(=O)OCCCCCCCCCCCCCCCCCCCCCCC(=O)NC(CO)C(O)/C=C/CCCCCCCCCCCCCCCCCCCCCCCC. The van der Waals surface area contributed by atoms with E-state index >= 15 is 0 Å². The van der Waals surface area contributed by atoms with Crippen molar-refractivity contribution < 1.29 is 24.5 Å². The second-order valence-corrected chi connectivity index (χ2v) is 23.2. The zero-order valence-corrected chi connectivity index (χ0v) is 50.1. The normalized spacial score (nSPS) is 12.6.